The Balaban J connectivity index is 0.00000128. The summed E-state index contributed by atoms with van der Waals surface area (Å²) in [5.41, 5.74) is 2.70. The van der Waals surface area contributed by atoms with Gasteiger partial charge >= 0.3 is 0 Å². The van der Waals surface area contributed by atoms with Crippen molar-refractivity contribution in [2.45, 2.75) is 32.2 Å². The van der Waals surface area contributed by atoms with Crippen LogP contribution in [0.2, 0.25) is 0 Å². The monoisotopic (exact) mass is 241 g/mol. The average molecular weight is 242 g/mol. The van der Waals surface area contributed by atoms with E-state index in [4.69, 9.17) is 4.74 Å². The highest BCUT2D eigenvalue weighted by molar-refractivity contribution is 5.85. The van der Waals surface area contributed by atoms with Crippen molar-refractivity contribution < 1.29 is 4.74 Å². The molecule has 0 amide bonds. The maximum Gasteiger partial charge on any atom is 0.123 e. The van der Waals surface area contributed by atoms with E-state index in [0.29, 0.717) is 12.0 Å². The van der Waals surface area contributed by atoms with Crippen molar-refractivity contribution in [3.8, 4) is 5.75 Å². The number of methoxy groups -OCH3 is 1. The second-order valence-electron chi connectivity index (χ2n) is 4.45. The van der Waals surface area contributed by atoms with Gasteiger partial charge < -0.3 is 10.1 Å². The van der Waals surface area contributed by atoms with Gasteiger partial charge in [0.05, 0.1) is 7.11 Å². The lowest BCUT2D eigenvalue weighted by molar-refractivity contribution is 0.353. The van der Waals surface area contributed by atoms with Crippen LogP contribution in [0.5, 0.6) is 5.75 Å². The van der Waals surface area contributed by atoms with E-state index in [0.717, 1.165) is 12.3 Å². The molecule has 1 fully saturated rings. The molecular weight excluding hydrogens is 222 g/mol. The average Bonchev–Trinajstić information content (AvgIpc) is 2.15. The molecule has 0 saturated carbocycles. The molecule has 1 aromatic carbocycles. The van der Waals surface area contributed by atoms with Crippen molar-refractivity contribution in [2.24, 2.45) is 0 Å². The highest BCUT2D eigenvalue weighted by Crippen LogP contribution is 2.33. The number of hydrogen-bond donors (Lipinski definition) is 1. The van der Waals surface area contributed by atoms with Gasteiger partial charge in [0, 0.05) is 11.6 Å². The minimum absolute atomic E-state index is 0. The first-order valence-corrected chi connectivity index (χ1v) is 5.63. The summed E-state index contributed by atoms with van der Waals surface area (Å²) in [6.45, 7) is 5.57. The molecule has 0 spiro atoms. The Kier molecular flexibility index (Phi) is 4.63. The van der Waals surface area contributed by atoms with Crippen LogP contribution < -0.4 is 10.1 Å². The molecule has 1 aliphatic rings. The van der Waals surface area contributed by atoms with Gasteiger partial charge in [0.2, 0.25) is 0 Å². The molecule has 90 valence electrons. The van der Waals surface area contributed by atoms with E-state index < -0.39 is 0 Å². The second-order valence-corrected chi connectivity index (χ2v) is 4.45. The van der Waals surface area contributed by atoms with Crippen molar-refractivity contribution in [2.75, 3.05) is 13.7 Å². The zero-order chi connectivity index (χ0) is 10.8. The van der Waals surface area contributed by atoms with E-state index >= 15 is 0 Å². The molecule has 16 heavy (non-hydrogen) atoms. The van der Waals surface area contributed by atoms with E-state index in [2.05, 4.69) is 37.4 Å². The number of hydrogen-bond acceptors (Lipinski definition) is 2. The topological polar surface area (TPSA) is 21.3 Å². The third kappa shape index (κ3) is 2.50. The lowest BCUT2D eigenvalue weighted by Gasteiger charge is -2.30. The number of benzene rings is 1. The molecule has 0 aromatic heterocycles. The minimum atomic E-state index is 0. The summed E-state index contributed by atoms with van der Waals surface area (Å²) in [5, 5.41) is 3.42. The predicted octanol–water partition coefficient (Wildman–Crippen LogP) is 3.27. The Bertz CT molecular complexity index is 348. The third-order valence-electron chi connectivity index (χ3n) is 3.12. The fourth-order valence-corrected chi connectivity index (χ4v) is 1.94. The summed E-state index contributed by atoms with van der Waals surface area (Å²) >= 11 is 0. The van der Waals surface area contributed by atoms with E-state index in [1.807, 2.05) is 0 Å². The first-order chi connectivity index (χ1) is 7.22. The zero-order valence-electron chi connectivity index (χ0n) is 10.1. The Morgan fingerprint density at radius 3 is 2.50 bits per heavy atom. The number of rotatable bonds is 3. The van der Waals surface area contributed by atoms with Crippen LogP contribution >= 0.6 is 12.4 Å². The van der Waals surface area contributed by atoms with Gasteiger partial charge in [-0.1, -0.05) is 26.0 Å². The van der Waals surface area contributed by atoms with Crippen LogP contribution in [0, 0.1) is 0 Å². The highest BCUT2D eigenvalue weighted by Gasteiger charge is 2.22. The number of nitrogens with one attached hydrogen (secondary N) is 1. The molecule has 1 saturated heterocycles. The Hall–Kier alpha value is -0.730. The quantitative estimate of drug-likeness (QED) is 0.877. The first kappa shape index (κ1) is 13.3. The number of ether oxygens (including phenoxy) is 1. The molecule has 0 unspecified atom stereocenters. The standard InChI is InChI=1S/C13H19NO.ClH/c1-9(2)10-4-5-13(15-3)11(8-10)12-6-7-14-12;/h4-5,8-9,12,14H,6-7H2,1-3H3;1H/t12-;/m0./s1. The van der Waals surface area contributed by atoms with Gasteiger partial charge in [-0.25, -0.2) is 0 Å². The Morgan fingerprint density at radius 1 is 1.38 bits per heavy atom. The smallest absolute Gasteiger partial charge is 0.123 e. The molecule has 1 aliphatic heterocycles. The fourth-order valence-electron chi connectivity index (χ4n) is 1.94. The van der Waals surface area contributed by atoms with E-state index in [1.165, 1.54) is 17.5 Å². The molecule has 2 rings (SSSR count). The molecule has 1 N–H and O–H groups in total. The lowest BCUT2D eigenvalue weighted by atomic mass is 9.92. The van der Waals surface area contributed by atoms with Crippen molar-refractivity contribution in [3.63, 3.8) is 0 Å². The summed E-state index contributed by atoms with van der Waals surface area (Å²) in [7, 11) is 1.74. The van der Waals surface area contributed by atoms with Gasteiger partial charge in [0.25, 0.3) is 0 Å². The van der Waals surface area contributed by atoms with Gasteiger partial charge in [-0.3, -0.25) is 0 Å². The maximum atomic E-state index is 5.40. The lowest BCUT2D eigenvalue weighted by Crippen LogP contribution is -2.35. The van der Waals surface area contributed by atoms with E-state index in [-0.39, 0.29) is 12.4 Å². The van der Waals surface area contributed by atoms with Crippen LogP contribution in [0.4, 0.5) is 0 Å². The van der Waals surface area contributed by atoms with Crippen molar-refractivity contribution in [3.05, 3.63) is 29.3 Å². The van der Waals surface area contributed by atoms with Crippen molar-refractivity contribution >= 4 is 12.4 Å². The van der Waals surface area contributed by atoms with Gasteiger partial charge in [-0.15, -0.1) is 12.4 Å². The zero-order valence-corrected chi connectivity index (χ0v) is 10.9. The fraction of sp³-hybridized carbons (Fsp3) is 0.538. The molecule has 1 atom stereocenters. The van der Waals surface area contributed by atoms with Crippen LogP contribution in [-0.4, -0.2) is 13.7 Å². The highest BCUT2D eigenvalue weighted by atomic mass is 35.5. The predicted molar refractivity (Wildman–Crippen MR) is 69.7 cm³/mol. The van der Waals surface area contributed by atoms with Gasteiger partial charge in [-0.2, -0.15) is 0 Å². The Labute approximate surface area is 104 Å². The molecular formula is C13H20ClNO. The van der Waals surface area contributed by atoms with E-state index in [9.17, 15) is 0 Å². The van der Waals surface area contributed by atoms with E-state index in [1.54, 1.807) is 7.11 Å². The van der Waals surface area contributed by atoms with Crippen LogP contribution in [-0.2, 0) is 0 Å². The van der Waals surface area contributed by atoms with Gasteiger partial charge in [0.15, 0.2) is 0 Å². The first-order valence-electron chi connectivity index (χ1n) is 5.63. The molecule has 1 aromatic rings. The summed E-state index contributed by atoms with van der Waals surface area (Å²) in [5.74, 6) is 1.59. The Morgan fingerprint density at radius 2 is 2.06 bits per heavy atom. The normalized spacial score (nSPS) is 18.9. The molecule has 3 heteroatoms. The van der Waals surface area contributed by atoms with Crippen molar-refractivity contribution in [1.29, 1.82) is 0 Å². The largest absolute Gasteiger partial charge is 0.496 e. The number of halogens is 1. The van der Waals surface area contributed by atoms with Crippen LogP contribution in [0.15, 0.2) is 18.2 Å². The third-order valence-corrected chi connectivity index (χ3v) is 3.12. The van der Waals surface area contributed by atoms with Gasteiger partial charge in [0.1, 0.15) is 5.75 Å². The van der Waals surface area contributed by atoms with Crippen LogP contribution in [0.3, 0.4) is 0 Å². The van der Waals surface area contributed by atoms with Crippen molar-refractivity contribution in [1.82, 2.24) is 5.32 Å². The summed E-state index contributed by atoms with van der Waals surface area (Å²) in [4.78, 5) is 0. The second kappa shape index (κ2) is 5.55. The summed E-state index contributed by atoms with van der Waals surface area (Å²) in [6.07, 6.45) is 1.22. The molecule has 0 bridgehead atoms. The molecule has 0 aliphatic carbocycles. The van der Waals surface area contributed by atoms with Crippen LogP contribution in [0.25, 0.3) is 0 Å². The molecule has 1 heterocycles. The molecule has 0 radical (unpaired) electrons. The molecule has 2 nitrogen and oxygen atoms in total. The summed E-state index contributed by atoms with van der Waals surface area (Å²) in [6, 6.07) is 7.02. The maximum absolute atomic E-state index is 5.40. The van der Waals surface area contributed by atoms with Crippen LogP contribution in [0.1, 0.15) is 43.4 Å². The van der Waals surface area contributed by atoms with Gasteiger partial charge in [-0.05, 0) is 30.5 Å². The summed E-state index contributed by atoms with van der Waals surface area (Å²) < 4.78 is 5.40. The SMILES string of the molecule is COc1ccc(C(C)C)cc1[C@@H]1CCN1.Cl. The minimum Gasteiger partial charge on any atom is -0.496 e.